The second-order valence-electron chi connectivity index (χ2n) is 5.17. The molecule has 0 saturated heterocycles. The van der Waals surface area contributed by atoms with E-state index in [1.165, 1.54) is 18.3 Å². The summed E-state index contributed by atoms with van der Waals surface area (Å²) in [7, 11) is 0. The Balaban J connectivity index is 1.58. The van der Waals surface area contributed by atoms with Gasteiger partial charge in [0, 0.05) is 5.56 Å². The van der Waals surface area contributed by atoms with Gasteiger partial charge in [0.2, 0.25) is 5.91 Å². The molecule has 0 aliphatic carbocycles. The highest BCUT2D eigenvalue weighted by Crippen LogP contribution is 2.22. The van der Waals surface area contributed by atoms with Gasteiger partial charge in [-0.2, -0.15) is 5.10 Å². The van der Waals surface area contributed by atoms with Gasteiger partial charge in [-0.3, -0.25) is 4.79 Å². The second-order valence-corrected chi connectivity index (χ2v) is 5.17. The molecule has 3 aromatic rings. The maximum atomic E-state index is 13.2. The van der Waals surface area contributed by atoms with Gasteiger partial charge in [-0.15, -0.1) is 0 Å². The van der Waals surface area contributed by atoms with Crippen molar-refractivity contribution in [3.63, 3.8) is 0 Å². The number of benzene rings is 2. The molecule has 1 N–H and O–H groups in total. The molecule has 0 aliphatic heterocycles. The Labute approximate surface area is 138 Å². The summed E-state index contributed by atoms with van der Waals surface area (Å²) < 4.78 is 18.8. The van der Waals surface area contributed by atoms with E-state index in [-0.39, 0.29) is 18.1 Å². The summed E-state index contributed by atoms with van der Waals surface area (Å²) in [5.41, 5.74) is 4.00. The molecule has 120 valence electrons. The molecule has 24 heavy (non-hydrogen) atoms. The number of rotatable bonds is 5. The third-order valence-electron chi connectivity index (χ3n) is 3.32. The number of hydrazone groups is 1. The fourth-order valence-corrected chi connectivity index (χ4v) is 2.21. The minimum Gasteiger partial charge on any atom is -0.455 e. The number of carbonyl (C=O) groups is 1. The maximum Gasteiger partial charge on any atom is 0.244 e. The van der Waals surface area contributed by atoms with Crippen molar-refractivity contribution in [3.05, 3.63) is 83.9 Å². The monoisotopic (exact) mass is 322 g/mol. The summed E-state index contributed by atoms with van der Waals surface area (Å²) >= 11 is 0. The number of nitrogens with zero attached hydrogens (tertiary/aromatic N) is 1. The van der Waals surface area contributed by atoms with Crippen molar-refractivity contribution in [1.82, 2.24) is 5.43 Å². The van der Waals surface area contributed by atoms with Crippen LogP contribution in [0.25, 0.3) is 11.3 Å². The Hall–Kier alpha value is -3.21. The topological polar surface area (TPSA) is 54.6 Å². The number of hydrogen-bond acceptors (Lipinski definition) is 3. The molecule has 0 aliphatic rings. The molecule has 0 radical (unpaired) electrons. The van der Waals surface area contributed by atoms with Gasteiger partial charge in [-0.25, -0.2) is 9.82 Å². The molecular weight excluding hydrogens is 307 g/mol. The van der Waals surface area contributed by atoms with Crippen LogP contribution in [0.4, 0.5) is 4.39 Å². The molecule has 0 spiro atoms. The summed E-state index contributed by atoms with van der Waals surface area (Å²) in [6.45, 7) is 0. The molecule has 3 rings (SSSR count). The quantitative estimate of drug-likeness (QED) is 0.574. The smallest absolute Gasteiger partial charge is 0.244 e. The standard InChI is InChI=1S/C19H15FN2O2/c20-16-8-4-7-15(12-16)18-10-9-17(24-18)13-21-22-19(23)11-14-5-2-1-3-6-14/h1-10,12-13H,11H2,(H,22,23)/b21-13-. The fourth-order valence-electron chi connectivity index (χ4n) is 2.21. The molecule has 1 heterocycles. The third kappa shape index (κ3) is 4.16. The molecule has 0 fully saturated rings. The van der Waals surface area contributed by atoms with E-state index in [0.29, 0.717) is 17.1 Å². The van der Waals surface area contributed by atoms with Gasteiger partial charge in [-0.1, -0.05) is 42.5 Å². The lowest BCUT2D eigenvalue weighted by atomic mass is 10.1. The van der Waals surface area contributed by atoms with E-state index in [1.807, 2.05) is 30.3 Å². The number of amides is 1. The van der Waals surface area contributed by atoms with Crippen LogP contribution in [0.2, 0.25) is 0 Å². The average molecular weight is 322 g/mol. The van der Waals surface area contributed by atoms with E-state index < -0.39 is 0 Å². The van der Waals surface area contributed by atoms with Crippen LogP contribution < -0.4 is 5.43 Å². The van der Waals surface area contributed by atoms with Gasteiger partial charge in [0.1, 0.15) is 17.3 Å². The van der Waals surface area contributed by atoms with Crippen LogP contribution in [0.3, 0.4) is 0 Å². The number of hydrogen-bond donors (Lipinski definition) is 1. The number of nitrogens with one attached hydrogen (secondary N) is 1. The zero-order chi connectivity index (χ0) is 16.8. The summed E-state index contributed by atoms with van der Waals surface area (Å²) in [4.78, 5) is 11.8. The molecule has 2 aromatic carbocycles. The normalized spacial score (nSPS) is 10.9. The van der Waals surface area contributed by atoms with Gasteiger partial charge in [0.25, 0.3) is 0 Å². The maximum absolute atomic E-state index is 13.2. The van der Waals surface area contributed by atoms with Gasteiger partial charge in [0.05, 0.1) is 12.6 Å². The molecule has 4 nitrogen and oxygen atoms in total. The van der Waals surface area contributed by atoms with E-state index in [2.05, 4.69) is 10.5 Å². The van der Waals surface area contributed by atoms with Crippen molar-refractivity contribution < 1.29 is 13.6 Å². The van der Waals surface area contributed by atoms with Crippen molar-refractivity contribution in [1.29, 1.82) is 0 Å². The van der Waals surface area contributed by atoms with Crippen LogP contribution in [-0.4, -0.2) is 12.1 Å². The molecule has 1 amide bonds. The van der Waals surface area contributed by atoms with Crippen LogP contribution in [0.1, 0.15) is 11.3 Å². The first-order chi connectivity index (χ1) is 11.7. The number of furan rings is 1. The van der Waals surface area contributed by atoms with E-state index in [0.717, 1.165) is 5.56 Å². The zero-order valence-corrected chi connectivity index (χ0v) is 12.8. The molecule has 0 atom stereocenters. The summed E-state index contributed by atoms with van der Waals surface area (Å²) in [5, 5.41) is 3.87. The first-order valence-corrected chi connectivity index (χ1v) is 7.42. The van der Waals surface area contributed by atoms with Crippen molar-refractivity contribution in [2.75, 3.05) is 0 Å². The van der Waals surface area contributed by atoms with Gasteiger partial charge in [-0.05, 0) is 29.8 Å². The van der Waals surface area contributed by atoms with Crippen LogP contribution in [0.5, 0.6) is 0 Å². The highest BCUT2D eigenvalue weighted by atomic mass is 19.1. The van der Waals surface area contributed by atoms with Gasteiger partial charge < -0.3 is 4.42 Å². The van der Waals surface area contributed by atoms with Gasteiger partial charge in [0.15, 0.2) is 0 Å². The first-order valence-electron chi connectivity index (χ1n) is 7.42. The van der Waals surface area contributed by atoms with Crippen molar-refractivity contribution in [2.45, 2.75) is 6.42 Å². The Morgan fingerprint density at radius 2 is 1.92 bits per heavy atom. The number of carbonyl (C=O) groups excluding carboxylic acids is 1. The molecular formula is C19H15FN2O2. The van der Waals surface area contributed by atoms with Crippen molar-refractivity contribution >= 4 is 12.1 Å². The Morgan fingerprint density at radius 3 is 2.71 bits per heavy atom. The predicted molar refractivity (Wildman–Crippen MR) is 90.0 cm³/mol. The highest BCUT2D eigenvalue weighted by molar-refractivity contribution is 5.82. The van der Waals surface area contributed by atoms with Crippen LogP contribution in [0.15, 0.2) is 76.2 Å². The summed E-state index contributed by atoms with van der Waals surface area (Å²) in [6, 6.07) is 19.0. The predicted octanol–water partition coefficient (Wildman–Crippen LogP) is 3.78. The first kappa shape index (κ1) is 15.7. The molecule has 0 unspecified atom stereocenters. The molecule has 5 heteroatoms. The Morgan fingerprint density at radius 1 is 1.08 bits per heavy atom. The largest absolute Gasteiger partial charge is 0.455 e. The Bertz CT molecular complexity index is 857. The second kappa shape index (κ2) is 7.37. The zero-order valence-electron chi connectivity index (χ0n) is 12.8. The van der Waals surface area contributed by atoms with E-state index >= 15 is 0 Å². The minimum atomic E-state index is -0.327. The highest BCUT2D eigenvalue weighted by Gasteiger charge is 2.05. The van der Waals surface area contributed by atoms with Crippen LogP contribution in [0, 0.1) is 5.82 Å². The van der Waals surface area contributed by atoms with E-state index in [9.17, 15) is 9.18 Å². The third-order valence-corrected chi connectivity index (χ3v) is 3.32. The molecule has 1 aromatic heterocycles. The van der Waals surface area contributed by atoms with Crippen LogP contribution >= 0.6 is 0 Å². The van der Waals surface area contributed by atoms with Crippen LogP contribution in [-0.2, 0) is 11.2 Å². The van der Waals surface area contributed by atoms with E-state index in [4.69, 9.17) is 4.42 Å². The average Bonchev–Trinajstić information content (AvgIpc) is 3.05. The number of halogens is 1. The summed E-state index contributed by atoms with van der Waals surface area (Å²) in [6.07, 6.45) is 1.66. The minimum absolute atomic E-state index is 0.214. The van der Waals surface area contributed by atoms with E-state index in [1.54, 1.807) is 24.3 Å². The molecule has 0 bridgehead atoms. The van der Waals surface area contributed by atoms with Crippen molar-refractivity contribution in [3.8, 4) is 11.3 Å². The lowest BCUT2D eigenvalue weighted by Gasteiger charge is -1.99. The lowest BCUT2D eigenvalue weighted by Crippen LogP contribution is -2.19. The molecule has 0 saturated carbocycles. The van der Waals surface area contributed by atoms with Crippen molar-refractivity contribution in [2.24, 2.45) is 5.10 Å². The van der Waals surface area contributed by atoms with Gasteiger partial charge >= 0.3 is 0 Å². The SMILES string of the molecule is O=C(Cc1ccccc1)N/N=C\c1ccc(-c2cccc(F)c2)o1. The lowest BCUT2D eigenvalue weighted by molar-refractivity contribution is -0.120. The fraction of sp³-hybridized carbons (Fsp3) is 0.0526. The Kier molecular flexibility index (Phi) is 4.81. The summed E-state index contributed by atoms with van der Waals surface area (Å²) in [5.74, 6) is 0.461.